The molecule has 0 aliphatic heterocycles. The maximum absolute atomic E-state index is 11.5. The molecular formula is C9H7Cl2N5O2S2. The van der Waals surface area contributed by atoms with E-state index >= 15 is 0 Å². The van der Waals surface area contributed by atoms with E-state index in [-0.39, 0.29) is 12.2 Å². The summed E-state index contributed by atoms with van der Waals surface area (Å²) in [6.07, 6.45) is 1.30. The van der Waals surface area contributed by atoms with Crippen LogP contribution >= 0.6 is 46.3 Å². The summed E-state index contributed by atoms with van der Waals surface area (Å²) < 4.78 is 7.86. The molecule has 0 aliphatic rings. The van der Waals surface area contributed by atoms with E-state index in [2.05, 4.69) is 24.9 Å². The maximum atomic E-state index is 11.5. The van der Waals surface area contributed by atoms with Crippen molar-refractivity contribution in [3.8, 4) is 0 Å². The summed E-state index contributed by atoms with van der Waals surface area (Å²) in [5.41, 5.74) is 4.51. The highest BCUT2D eigenvalue weighted by atomic mass is 35.5. The fourth-order valence-electron chi connectivity index (χ4n) is 1.13. The highest BCUT2D eigenvalue weighted by molar-refractivity contribution is 7.16. The quantitative estimate of drug-likeness (QED) is 0.737. The molecule has 11 heteroatoms. The van der Waals surface area contributed by atoms with Gasteiger partial charge in [0.15, 0.2) is 5.69 Å². The Morgan fingerprint density at radius 1 is 1.30 bits per heavy atom. The SMILES string of the molecule is O=C(NCc1cc(Cl)c(Cl)s1)NNC(=O)c1cnsn1. The second-order valence-electron chi connectivity index (χ2n) is 3.39. The summed E-state index contributed by atoms with van der Waals surface area (Å²) in [6, 6.07) is 1.09. The maximum Gasteiger partial charge on any atom is 0.333 e. The lowest BCUT2D eigenvalue weighted by Gasteiger charge is -2.06. The molecule has 0 spiro atoms. The van der Waals surface area contributed by atoms with E-state index in [0.717, 1.165) is 16.6 Å². The van der Waals surface area contributed by atoms with Gasteiger partial charge in [-0.3, -0.25) is 10.2 Å². The standard InChI is InChI=1S/C9H7Cl2N5O2S2/c10-5-1-4(19-7(5)11)2-12-9(18)15-14-8(17)6-3-13-20-16-6/h1,3H,2H2,(H,14,17)(H2,12,15,18). The predicted octanol–water partition coefficient (Wildman–Crippen LogP) is 2.05. The van der Waals surface area contributed by atoms with E-state index in [1.54, 1.807) is 6.07 Å². The number of hydrogen-bond acceptors (Lipinski definition) is 6. The highest BCUT2D eigenvalue weighted by Crippen LogP contribution is 2.31. The van der Waals surface area contributed by atoms with Gasteiger partial charge in [0.1, 0.15) is 4.34 Å². The van der Waals surface area contributed by atoms with Gasteiger partial charge in [0, 0.05) is 4.88 Å². The number of thiophene rings is 1. The van der Waals surface area contributed by atoms with Gasteiger partial charge in [-0.2, -0.15) is 8.75 Å². The van der Waals surface area contributed by atoms with E-state index in [0.29, 0.717) is 9.36 Å². The lowest BCUT2D eigenvalue weighted by Crippen LogP contribution is -2.46. The van der Waals surface area contributed by atoms with Crippen LogP contribution in [-0.4, -0.2) is 20.7 Å². The first-order valence-electron chi connectivity index (χ1n) is 5.11. The number of halogens is 2. The number of carbonyl (C=O) groups excluding carboxylic acids is 2. The first kappa shape index (κ1) is 15.0. The Balaban J connectivity index is 1.74. The average molecular weight is 352 g/mol. The molecule has 2 aromatic rings. The smallest absolute Gasteiger partial charge is 0.332 e. The largest absolute Gasteiger partial charge is 0.333 e. The fourth-order valence-corrected chi connectivity index (χ4v) is 2.92. The van der Waals surface area contributed by atoms with Crippen molar-refractivity contribution in [1.82, 2.24) is 24.9 Å². The van der Waals surface area contributed by atoms with Gasteiger partial charge in [-0.25, -0.2) is 10.2 Å². The second-order valence-corrected chi connectivity index (χ2v) is 6.09. The number of hydrazine groups is 1. The van der Waals surface area contributed by atoms with Crippen molar-refractivity contribution < 1.29 is 9.59 Å². The molecule has 20 heavy (non-hydrogen) atoms. The van der Waals surface area contributed by atoms with Crippen molar-refractivity contribution in [2.24, 2.45) is 0 Å². The van der Waals surface area contributed by atoms with Crippen LogP contribution in [0.15, 0.2) is 12.3 Å². The van der Waals surface area contributed by atoms with Crippen LogP contribution in [0.4, 0.5) is 4.79 Å². The van der Waals surface area contributed by atoms with E-state index in [1.165, 1.54) is 17.5 Å². The molecule has 0 saturated heterocycles. The van der Waals surface area contributed by atoms with Crippen LogP contribution < -0.4 is 16.2 Å². The fraction of sp³-hybridized carbons (Fsp3) is 0.111. The minimum Gasteiger partial charge on any atom is -0.332 e. The number of nitrogens with one attached hydrogen (secondary N) is 3. The van der Waals surface area contributed by atoms with Crippen molar-refractivity contribution in [3.05, 3.63) is 32.2 Å². The Hall–Kier alpha value is -1.42. The zero-order valence-electron chi connectivity index (χ0n) is 9.65. The molecule has 0 aliphatic carbocycles. The van der Waals surface area contributed by atoms with Crippen LogP contribution in [0.1, 0.15) is 15.4 Å². The predicted molar refractivity (Wildman–Crippen MR) is 77.1 cm³/mol. The minimum absolute atomic E-state index is 0.132. The minimum atomic E-state index is -0.567. The second kappa shape index (κ2) is 6.84. The summed E-state index contributed by atoms with van der Waals surface area (Å²) in [7, 11) is 0. The highest BCUT2D eigenvalue weighted by Gasteiger charge is 2.10. The lowest BCUT2D eigenvalue weighted by molar-refractivity contribution is 0.0932. The van der Waals surface area contributed by atoms with Crippen molar-refractivity contribution in [2.75, 3.05) is 0 Å². The van der Waals surface area contributed by atoms with E-state index in [1.807, 2.05) is 0 Å². The molecule has 0 unspecified atom stereocenters. The van der Waals surface area contributed by atoms with Crippen molar-refractivity contribution in [1.29, 1.82) is 0 Å². The van der Waals surface area contributed by atoms with Gasteiger partial charge >= 0.3 is 6.03 Å². The summed E-state index contributed by atoms with van der Waals surface area (Å²) in [5.74, 6) is -0.545. The van der Waals surface area contributed by atoms with Crippen LogP contribution in [0.3, 0.4) is 0 Å². The van der Waals surface area contributed by atoms with Crippen LogP contribution in [-0.2, 0) is 6.54 Å². The molecule has 2 aromatic heterocycles. The third kappa shape index (κ3) is 4.04. The van der Waals surface area contributed by atoms with Gasteiger partial charge < -0.3 is 5.32 Å². The summed E-state index contributed by atoms with van der Waals surface area (Å²) >= 11 is 13.7. The number of carbonyl (C=O) groups is 2. The average Bonchev–Trinajstić information content (AvgIpc) is 3.05. The number of aromatic nitrogens is 2. The van der Waals surface area contributed by atoms with Gasteiger partial charge in [0.25, 0.3) is 5.91 Å². The van der Waals surface area contributed by atoms with Crippen LogP contribution in [0.5, 0.6) is 0 Å². The Morgan fingerprint density at radius 3 is 2.70 bits per heavy atom. The van der Waals surface area contributed by atoms with Crippen LogP contribution in [0, 0.1) is 0 Å². The number of hydrogen-bond donors (Lipinski definition) is 3. The van der Waals surface area contributed by atoms with Gasteiger partial charge in [-0.15, -0.1) is 11.3 Å². The normalized spacial score (nSPS) is 10.1. The van der Waals surface area contributed by atoms with Crippen LogP contribution in [0.2, 0.25) is 9.36 Å². The topological polar surface area (TPSA) is 96.0 Å². The van der Waals surface area contributed by atoms with E-state index < -0.39 is 11.9 Å². The van der Waals surface area contributed by atoms with Gasteiger partial charge in [-0.1, -0.05) is 23.2 Å². The molecule has 3 amide bonds. The number of urea groups is 1. The Morgan fingerprint density at radius 2 is 2.10 bits per heavy atom. The van der Waals surface area contributed by atoms with Crippen molar-refractivity contribution >= 4 is 58.2 Å². The molecule has 106 valence electrons. The molecule has 0 saturated carbocycles. The molecule has 0 aromatic carbocycles. The number of nitrogens with zero attached hydrogens (tertiary/aromatic N) is 2. The monoisotopic (exact) mass is 351 g/mol. The van der Waals surface area contributed by atoms with E-state index in [4.69, 9.17) is 23.2 Å². The van der Waals surface area contributed by atoms with E-state index in [9.17, 15) is 9.59 Å². The molecule has 0 bridgehead atoms. The first-order chi connectivity index (χ1) is 9.56. The summed E-state index contributed by atoms with van der Waals surface area (Å²) in [5, 5.41) is 2.98. The first-order valence-corrected chi connectivity index (χ1v) is 7.42. The molecule has 0 radical (unpaired) electrons. The number of rotatable bonds is 3. The van der Waals surface area contributed by atoms with Gasteiger partial charge in [-0.05, 0) is 6.07 Å². The molecule has 7 nitrogen and oxygen atoms in total. The summed E-state index contributed by atoms with van der Waals surface area (Å²) in [4.78, 5) is 23.7. The molecule has 0 fully saturated rings. The molecule has 0 atom stereocenters. The Kier molecular flexibility index (Phi) is 5.12. The third-order valence-corrected chi connectivity index (χ3v) is 4.35. The van der Waals surface area contributed by atoms with Gasteiger partial charge in [0.2, 0.25) is 0 Å². The molecule has 2 rings (SSSR count). The Bertz CT molecular complexity index is 596. The summed E-state index contributed by atoms with van der Waals surface area (Å²) in [6.45, 7) is 0.247. The molecule has 2 heterocycles. The zero-order chi connectivity index (χ0) is 14.5. The third-order valence-electron chi connectivity index (χ3n) is 2.00. The zero-order valence-corrected chi connectivity index (χ0v) is 12.8. The molecular weight excluding hydrogens is 345 g/mol. The molecule has 3 N–H and O–H groups in total. The van der Waals surface area contributed by atoms with Gasteiger partial charge in [0.05, 0.1) is 29.5 Å². The van der Waals surface area contributed by atoms with Crippen molar-refractivity contribution in [2.45, 2.75) is 6.54 Å². The Labute approximate surface area is 131 Å². The lowest BCUT2D eigenvalue weighted by atomic mass is 10.4. The number of amides is 3. The van der Waals surface area contributed by atoms with Crippen LogP contribution in [0.25, 0.3) is 0 Å². The van der Waals surface area contributed by atoms with Crippen molar-refractivity contribution in [3.63, 3.8) is 0 Å².